The Morgan fingerprint density at radius 3 is 1.24 bits per heavy atom. The van der Waals surface area contributed by atoms with Crippen LogP contribution < -0.4 is 22.1 Å². The second kappa shape index (κ2) is 14.6. The third-order valence-electron chi connectivity index (χ3n) is 4.18. The van der Waals surface area contributed by atoms with E-state index in [0.29, 0.717) is 52.4 Å². The van der Waals surface area contributed by atoms with Gasteiger partial charge in [0.25, 0.3) is 0 Å². The quantitative estimate of drug-likeness (QED) is 0.423. The van der Waals surface area contributed by atoms with Gasteiger partial charge in [-0.3, -0.25) is 0 Å². The van der Waals surface area contributed by atoms with Crippen molar-refractivity contribution in [3.63, 3.8) is 0 Å². The smallest absolute Gasteiger partial charge is 0.408 e. The fourth-order valence-corrected chi connectivity index (χ4v) is 2.81. The summed E-state index contributed by atoms with van der Waals surface area (Å²) in [6, 6.07) is -0.335. The van der Waals surface area contributed by atoms with Crippen LogP contribution in [0.2, 0.25) is 0 Å². The van der Waals surface area contributed by atoms with E-state index in [1.807, 2.05) is 41.5 Å². The summed E-state index contributed by atoms with van der Waals surface area (Å²) in [5.74, 6) is 0. The van der Waals surface area contributed by atoms with Gasteiger partial charge in [-0.15, -0.1) is 0 Å². The Morgan fingerprint density at radius 2 is 1.00 bits per heavy atom. The van der Waals surface area contributed by atoms with Crippen LogP contribution in [0.5, 0.6) is 0 Å². The van der Waals surface area contributed by atoms with Gasteiger partial charge in [-0.2, -0.15) is 0 Å². The van der Waals surface area contributed by atoms with Crippen molar-refractivity contribution in [3.05, 3.63) is 0 Å². The average molecular weight is 493 g/mol. The van der Waals surface area contributed by atoms with Gasteiger partial charge in [-0.25, -0.2) is 9.59 Å². The number of hydrogen-bond donors (Lipinski definition) is 4. The molecule has 0 bridgehead atoms. The SMILES string of the molecule is CC(C)(C)OC(=O)NC1COC(CCN)OC1.CC(C)(C)OC(=O)NC1COC(CCN)OC1. The molecule has 6 N–H and O–H groups in total. The summed E-state index contributed by atoms with van der Waals surface area (Å²) < 4.78 is 31.8. The van der Waals surface area contributed by atoms with Crippen LogP contribution in [0.1, 0.15) is 54.4 Å². The lowest BCUT2D eigenvalue weighted by atomic mass is 10.2. The summed E-state index contributed by atoms with van der Waals surface area (Å²) in [4.78, 5) is 22.9. The Kier molecular flexibility index (Phi) is 13.1. The topological polar surface area (TPSA) is 166 Å². The molecular formula is C22H44N4O8. The first-order valence-electron chi connectivity index (χ1n) is 11.7. The second-order valence-electron chi connectivity index (χ2n) is 10.0. The molecule has 0 radical (unpaired) electrons. The molecule has 2 aliphatic heterocycles. The molecule has 12 nitrogen and oxygen atoms in total. The van der Waals surface area contributed by atoms with Crippen LogP contribution in [0, 0.1) is 0 Å². The summed E-state index contributed by atoms with van der Waals surface area (Å²) in [7, 11) is 0. The molecule has 0 atom stereocenters. The van der Waals surface area contributed by atoms with Gasteiger partial charge in [0.2, 0.25) is 0 Å². The molecule has 2 amide bonds. The highest BCUT2D eigenvalue weighted by atomic mass is 16.7. The van der Waals surface area contributed by atoms with Gasteiger partial charge in [-0.1, -0.05) is 0 Å². The summed E-state index contributed by atoms with van der Waals surface area (Å²) >= 11 is 0. The van der Waals surface area contributed by atoms with Gasteiger partial charge in [0.1, 0.15) is 11.2 Å². The monoisotopic (exact) mass is 492 g/mol. The van der Waals surface area contributed by atoms with E-state index in [1.54, 1.807) is 0 Å². The molecule has 2 fully saturated rings. The lowest BCUT2D eigenvalue weighted by Crippen LogP contribution is -2.48. The summed E-state index contributed by atoms with van der Waals surface area (Å²) in [5.41, 5.74) is 9.79. The van der Waals surface area contributed by atoms with Gasteiger partial charge in [0.05, 0.1) is 38.5 Å². The number of rotatable bonds is 6. The largest absolute Gasteiger partial charge is 0.444 e. The molecule has 0 unspecified atom stereocenters. The number of amides is 2. The van der Waals surface area contributed by atoms with Crippen LogP contribution in [0.4, 0.5) is 9.59 Å². The molecule has 2 heterocycles. The van der Waals surface area contributed by atoms with E-state index in [0.717, 1.165) is 0 Å². The maximum absolute atomic E-state index is 11.5. The predicted molar refractivity (Wildman–Crippen MR) is 125 cm³/mol. The van der Waals surface area contributed by atoms with Crippen LogP contribution in [0.3, 0.4) is 0 Å². The van der Waals surface area contributed by atoms with Crippen LogP contribution in [-0.4, -0.2) is 87.6 Å². The number of nitrogens with two attached hydrogens (primary N) is 2. The van der Waals surface area contributed by atoms with Crippen LogP contribution in [-0.2, 0) is 28.4 Å². The molecule has 0 saturated carbocycles. The van der Waals surface area contributed by atoms with Gasteiger partial charge < -0.3 is 50.5 Å². The molecule has 2 saturated heterocycles. The molecule has 0 aromatic rings. The molecule has 0 spiro atoms. The summed E-state index contributed by atoms with van der Waals surface area (Å²) in [6.45, 7) is 13.6. The van der Waals surface area contributed by atoms with E-state index < -0.39 is 23.4 Å². The Bertz CT molecular complexity index is 541. The first-order chi connectivity index (χ1) is 15.8. The van der Waals surface area contributed by atoms with Gasteiger partial charge in [0, 0.05) is 12.8 Å². The van der Waals surface area contributed by atoms with Crippen molar-refractivity contribution in [1.29, 1.82) is 0 Å². The molecule has 2 aliphatic rings. The lowest BCUT2D eigenvalue weighted by molar-refractivity contribution is -0.190. The first-order valence-corrected chi connectivity index (χ1v) is 11.7. The Morgan fingerprint density at radius 1 is 0.706 bits per heavy atom. The molecule has 2 rings (SSSR count). The molecular weight excluding hydrogens is 448 g/mol. The van der Waals surface area contributed by atoms with Gasteiger partial charge in [-0.05, 0) is 54.6 Å². The van der Waals surface area contributed by atoms with E-state index in [-0.39, 0.29) is 24.7 Å². The summed E-state index contributed by atoms with van der Waals surface area (Å²) in [6.07, 6.45) is -0.0782. The molecule has 200 valence electrons. The number of nitrogens with one attached hydrogen (secondary N) is 2. The minimum atomic E-state index is -0.497. The van der Waals surface area contributed by atoms with E-state index in [9.17, 15) is 9.59 Å². The van der Waals surface area contributed by atoms with Crippen molar-refractivity contribution in [1.82, 2.24) is 10.6 Å². The zero-order valence-corrected chi connectivity index (χ0v) is 21.4. The van der Waals surface area contributed by atoms with Crippen LogP contribution in [0.25, 0.3) is 0 Å². The van der Waals surface area contributed by atoms with Crippen LogP contribution >= 0.6 is 0 Å². The highest BCUT2D eigenvalue weighted by Crippen LogP contribution is 2.12. The Hall–Kier alpha value is -1.70. The van der Waals surface area contributed by atoms with E-state index in [1.165, 1.54) is 0 Å². The highest BCUT2D eigenvalue weighted by molar-refractivity contribution is 5.68. The van der Waals surface area contributed by atoms with E-state index in [2.05, 4.69) is 10.6 Å². The zero-order valence-electron chi connectivity index (χ0n) is 21.4. The summed E-state index contributed by atoms with van der Waals surface area (Å²) in [5, 5.41) is 5.39. The molecule has 12 heteroatoms. The minimum absolute atomic E-state index is 0.168. The van der Waals surface area contributed by atoms with Crippen molar-refractivity contribution in [2.75, 3.05) is 39.5 Å². The van der Waals surface area contributed by atoms with Crippen molar-refractivity contribution < 1.29 is 38.0 Å². The van der Waals surface area contributed by atoms with Crippen LogP contribution in [0.15, 0.2) is 0 Å². The Labute approximate surface area is 202 Å². The number of hydrogen-bond acceptors (Lipinski definition) is 10. The zero-order chi connectivity index (χ0) is 25.8. The fraction of sp³-hybridized carbons (Fsp3) is 0.909. The normalized spacial score (nSPS) is 25.4. The van der Waals surface area contributed by atoms with Gasteiger partial charge in [0.15, 0.2) is 12.6 Å². The lowest BCUT2D eigenvalue weighted by Gasteiger charge is -2.30. The molecule has 34 heavy (non-hydrogen) atoms. The third-order valence-corrected chi connectivity index (χ3v) is 4.18. The fourth-order valence-electron chi connectivity index (χ4n) is 2.81. The van der Waals surface area contributed by atoms with E-state index >= 15 is 0 Å². The first kappa shape index (κ1) is 30.3. The molecule has 0 aromatic carbocycles. The third kappa shape index (κ3) is 14.5. The van der Waals surface area contributed by atoms with Crippen molar-refractivity contribution in [2.45, 2.75) is 90.2 Å². The molecule has 0 aromatic heterocycles. The number of ether oxygens (including phenoxy) is 6. The molecule has 0 aliphatic carbocycles. The maximum atomic E-state index is 11.5. The predicted octanol–water partition coefficient (Wildman–Crippen LogP) is 1.20. The average Bonchev–Trinajstić information content (AvgIpc) is 2.69. The highest BCUT2D eigenvalue weighted by Gasteiger charge is 2.26. The van der Waals surface area contributed by atoms with E-state index in [4.69, 9.17) is 39.9 Å². The van der Waals surface area contributed by atoms with Gasteiger partial charge >= 0.3 is 12.2 Å². The maximum Gasteiger partial charge on any atom is 0.408 e. The van der Waals surface area contributed by atoms with Crippen molar-refractivity contribution >= 4 is 12.2 Å². The number of carbonyl (C=O) groups is 2. The van der Waals surface area contributed by atoms with Crippen molar-refractivity contribution in [2.24, 2.45) is 11.5 Å². The minimum Gasteiger partial charge on any atom is -0.444 e. The Balaban J connectivity index is 0.000000340. The van der Waals surface area contributed by atoms with Crippen molar-refractivity contribution in [3.8, 4) is 0 Å². The number of carbonyl (C=O) groups excluding carboxylic acids is 2. The second-order valence-corrected chi connectivity index (χ2v) is 10.0. The number of alkyl carbamates (subject to hydrolysis) is 2. The standard InChI is InChI=1S/2C11H22N2O4/c2*1-11(2,3)17-10(14)13-8-6-15-9(4-5-12)16-7-8/h2*8-9H,4-7,12H2,1-3H3,(H,13,14).